The number of benzene rings is 2. The van der Waals surface area contributed by atoms with Crippen LogP contribution in [0.2, 0.25) is 0 Å². The molecule has 2 amide bonds. The van der Waals surface area contributed by atoms with Crippen LogP contribution in [0.4, 0.5) is 13.2 Å². The van der Waals surface area contributed by atoms with Gasteiger partial charge in [-0.2, -0.15) is 13.2 Å². The van der Waals surface area contributed by atoms with Gasteiger partial charge in [0.15, 0.2) is 0 Å². The van der Waals surface area contributed by atoms with Gasteiger partial charge in [-0.25, -0.2) is 4.79 Å². The van der Waals surface area contributed by atoms with Gasteiger partial charge in [-0.15, -0.1) is 0 Å². The van der Waals surface area contributed by atoms with Crippen molar-refractivity contribution in [3.05, 3.63) is 71.3 Å². The summed E-state index contributed by atoms with van der Waals surface area (Å²) in [6.07, 6.45) is -5.38. The molecule has 0 fully saturated rings. The van der Waals surface area contributed by atoms with Crippen LogP contribution in [0.1, 0.15) is 42.5 Å². The first-order valence-electron chi connectivity index (χ1n) is 9.98. The lowest BCUT2D eigenvalue weighted by molar-refractivity contribution is -0.145. The molecule has 0 unspecified atom stereocenters. The van der Waals surface area contributed by atoms with E-state index < -0.39 is 36.1 Å². The SMILES string of the molecule is COC(=O)[C@H](Cc1ccccc1C(F)(F)F)NC(=O)CCC(=O)N[C@H](C)c1ccccc1. The molecule has 0 spiro atoms. The largest absolute Gasteiger partial charge is 0.467 e. The van der Waals surface area contributed by atoms with Crippen LogP contribution in [0, 0.1) is 0 Å². The van der Waals surface area contributed by atoms with Gasteiger partial charge in [0, 0.05) is 19.3 Å². The average molecular weight is 450 g/mol. The lowest BCUT2D eigenvalue weighted by Crippen LogP contribution is -2.43. The Hall–Kier alpha value is -3.36. The molecule has 32 heavy (non-hydrogen) atoms. The number of esters is 1. The van der Waals surface area contributed by atoms with Crippen molar-refractivity contribution < 1.29 is 32.3 Å². The van der Waals surface area contributed by atoms with Gasteiger partial charge >= 0.3 is 12.1 Å². The fraction of sp³-hybridized carbons (Fsp3) is 0.348. The Morgan fingerprint density at radius 2 is 1.47 bits per heavy atom. The molecule has 0 bridgehead atoms. The van der Waals surface area contributed by atoms with Gasteiger partial charge in [0.1, 0.15) is 6.04 Å². The zero-order valence-electron chi connectivity index (χ0n) is 17.7. The summed E-state index contributed by atoms with van der Waals surface area (Å²) in [6.45, 7) is 1.80. The van der Waals surface area contributed by atoms with E-state index in [9.17, 15) is 27.6 Å². The Balaban J connectivity index is 1.96. The number of halogens is 3. The molecule has 0 radical (unpaired) electrons. The smallest absolute Gasteiger partial charge is 0.416 e. The van der Waals surface area contributed by atoms with E-state index in [0.717, 1.165) is 18.7 Å². The van der Waals surface area contributed by atoms with Crippen molar-refractivity contribution >= 4 is 17.8 Å². The summed E-state index contributed by atoms with van der Waals surface area (Å²) >= 11 is 0. The van der Waals surface area contributed by atoms with E-state index in [1.165, 1.54) is 18.2 Å². The van der Waals surface area contributed by atoms with Crippen LogP contribution in [0.25, 0.3) is 0 Å². The molecule has 2 aromatic carbocycles. The Morgan fingerprint density at radius 3 is 2.06 bits per heavy atom. The third-order valence-electron chi connectivity index (χ3n) is 4.82. The van der Waals surface area contributed by atoms with E-state index in [4.69, 9.17) is 0 Å². The molecule has 6 nitrogen and oxygen atoms in total. The van der Waals surface area contributed by atoms with E-state index in [-0.39, 0.29) is 30.4 Å². The number of hydrogen-bond donors (Lipinski definition) is 2. The van der Waals surface area contributed by atoms with E-state index in [0.29, 0.717) is 0 Å². The van der Waals surface area contributed by atoms with Crippen LogP contribution >= 0.6 is 0 Å². The number of rotatable bonds is 9. The first-order valence-corrected chi connectivity index (χ1v) is 9.98. The van der Waals surface area contributed by atoms with Crippen molar-refractivity contribution in [3.8, 4) is 0 Å². The third kappa shape index (κ3) is 7.40. The van der Waals surface area contributed by atoms with Gasteiger partial charge in [-0.1, -0.05) is 48.5 Å². The van der Waals surface area contributed by atoms with Crippen LogP contribution in [0.15, 0.2) is 54.6 Å². The first-order chi connectivity index (χ1) is 15.1. The summed E-state index contributed by atoms with van der Waals surface area (Å²) in [7, 11) is 1.08. The van der Waals surface area contributed by atoms with Gasteiger partial charge in [0.05, 0.1) is 18.7 Å². The monoisotopic (exact) mass is 450 g/mol. The Kier molecular flexibility index (Phi) is 8.80. The zero-order valence-corrected chi connectivity index (χ0v) is 17.7. The average Bonchev–Trinajstić information content (AvgIpc) is 2.77. The van der Waals surface area contributed by atoms with Crippen LogP contribution < -0.4 is 10.6 Å². The minimum Gasteiger partial charge on any atom is -0.467 e. The molecule has 0 saturated carbocycles. The minimum atomic E-state index is -4.60. The van der Waals surface area contributed by atoms with Gasteiger partial charge in [-0.3, -0.25) is 9.59 Å². The number of ether oxygens (including phenoxy) is 1. The second-order valence-electron chi connectivity index (χ2n) is 7.20. The van der Waals surface area contributed by atoms with E-state index in [1.807, 2.05) is 30.3 Å². The predicted molar refractivity (Wildman–Crippen MR) is 111 cm³/mol. The topological polar surface area (TPSA) is 84.5 Å². The van der Waals surface area contributed by atoms with Crippen LogP contribution in [-0.4, -0.2) is 30.9 Å². The van der Waals surface area contributed by atoms with Gasteiger partial charge in [0.25, 0.3) is 0 Å². The van der Waals surface area contributed by atoms with Gasteiger partial charge in [-0.05, 0) is 24.1 Å². The molecule has 0 aliphatic heterocycles. The molecule has 2 rings (SSSR count). The van der Waals surface area contributed by atoms with Crippen LogP contribution in [0.5, 0.6) is 0 Å². The molecular weight excluding hydrogens is 425 g/mol. The number of alkyl halides is 3. The second-order valence-corrected chi connectivity index (χ2v) is 7.20. The number of nitrogens with one attached hydrogen (secondary N) is 2. The summed E-state index contributed by atoms with van der Waals surface area (Å²) in [5.74, 6) is -1.89. The molecule has 2 aromatic rings. The van der Waals surface area contributed by atoms with Gasteiger partial charge < -0.3 is 15.4 Å². The van der Waals surface area contributed by atoms with Crippen molar-refractivity contribution in [2.75, 3.05) is 7.11 Å². The Bertz CT molecular complexity index is 932. The molecule has 9 heteroatoms. The highest BCUT2D eigenvalue weighted by Crippen LogP contribution is 2.32. The number of amides is 2. The summed E-state index contributed by atoms with van der Waals surface area (Å²) in [6, 6.07) is 12.5. The highest BCUT2D eigenvalue weighted by atomic mass is 19.4. The number of hydrogen-bond acceptors (Lipinski definition) is 4. The number of carbonyl (C=O) groups excluding carboxylic acids is 3. The maximum Gasteiger partial charge on any atom is 0.416 e. The van der Waals surface area contributed by atoms with Crippen molar-refractivity contribution in [2.24, 2.45) is 0 Å². The molecular formula is C23H25F3N2O4. The standard InChI is InChI=1S/C23H25F3N2O4/c1-15(16-8-4-3-5-9-16)27-20(29)12-13-21(30)28-19(22(31)32-2)14-17-10-6-7-11-18(17)23(24,25)26/h3-11,15,19H,12-14H2,1-2H3,(H,27,29)(H,28,30)/t15-,19+/m1/s1. The fourth-order valence-electron chi connectivity index (χ4n) is 3.16. The Morgan fingerprint density at radius 1 is 0.906 bits per heavy atom. The summed E-state index contributed by atoms with van der Waals surface area (Å²) in [5.41, 5.74) is -0.137. The highest BCUT2D eigenvalue weighted by Gasteiger charge is 2.34. The first kappa shape index (κ1) is 24.9. The van der Waals surface area contributed by atoms with Crippen LogP contribution in [-0.2, 0) is 31.7 Å². The van der Waals surface area contributed by atoms with Crippen molar-refractivity contribution in [1.82, 2.24) is 10.6 Å². The molecule has 0 aliphatic rings. The Labute approximate surface area is 184 Å². The van der Waals surface area contributed by atoms with Crippen LogP contribution in [0.3, 0.4) is 0 Å². The van der Waals surface area contributed by atoms with E-state index in [1.54, 1.807) is 6.92 Å². The normalized spacial score (nSPS) is 13.0. The minimum absolute atomic E-state index is 0.143. The van der Waals surface area contributed by atoms with Crippen molar-refractivity contribution in [2.45, 2.75) is 44.4 Å². The molecule has 2 atom stereocenters. The maximum absolute atomic E-state index is 13.2. The summed E-state index contributed by atoms with van der Waals surface area (Å²) in [4.78, 5) is 36.5. The molecule has 0 heterocycles. The summed E-state index contributed by atoms with van der Waals surface area (Å²) < 4.78 is 44.3. The lowest BCUT2D eigenvalue weighted by Gasteiger charge is -2.19. The summed E-state index contributed by atoms with van der Waals surface area (Å²) in [5, 5.41) is 5.14. The van der Waals surface area contributed by atoms with Crippen molar-refractivity contribution in [3.63, 3.8) is 0 Å². The quantitative estimate of drug-likeness (QED) is 0.572. The molecule has 172 valence electrons. The zero-order chi connectivity index (χ0) is 23.7. The number of methoxy groups -OCH3 is 1. The van der Waals surface area contributed by atoms with E-state index >= 15 is 0 Å². The van der Waals surface area contributed by atoms with E-state index in [2.05, 4.69) is 15.4 Å². The third-order valence-corrected chi connectivity index (χ3v) is 4.82. The molecule has 2 N–H and O–H groups in total. The number of carbonyl (C=O) groups is 3. The molecule has 0 aromatic heterocycles. The highest BCUT2D eigenvalue weighted by molar-refractivity contribution is 5.87. The maximum atomic E-state index is 13.2. The fourth-order valence-corrected chi connectivity index (χ4v) is 3.16. The lowest BCUT2D eigenvalue weighted by atomic mass is 9.99. The molecule has 0 aliphatic carbocycles. The van der Waals surface area contributed by atoms with Gasteiger partial charge in [0.2, 0.25) is 11.8 Å². The predicted octanol–water partition coefficient (Wildman–Crippen LogP) is 3.56. The second kappa shape index (κ2) is 11.3. The van der Waals surface area contributed by atoms with Crippen molar-refractivity contribution in [1.29, 1.82) is 0 Å². The molecule has 0 saturated heterocycles.